The third kappa shape index (κ3) is 5.23. The van der Waals surface area contributed by atoms with E-state index in [4.69, 9.17) is 4.74 Å². The largest absolute Gasteiger partial charge is 0.494 e. The van der Waals surface area contributed by atoms with Crippen molar-refractivity contribution in [1.82, 2.24) is 0 Å². The van der Waals surface area contributed by atoms with Gasteiger partial charge in [0.15, 0.2) is 5.78 Å². The number of hydrogen-bond donors (Lipinski definition) is 1. The summed E-state index contributed by atoms with van der Waals surface area (Å²) in [6, 6.07) is 23.9. The van der Waals surface area contributed by atoms with Crippen LogP contribution in [0.15, 0.2) is 72.8 Å². The third-order valence-electron chi connectivity index (χ3n) is 4.75. The van der Waals surface area contributed by atoms with Crippen molar-refractivity contribution in [3.8, 4) is 5.75 Å². The summed E-state index contributed by atoms with van der Waals surface area (Å²) in [4.78, 5) is 12.9. The first kappa shape index (κ1) is 19.7. The molecular weight excluding hydrogens is 346 g/mol. The van der Waals surface area contributed by atoms with Crippen LogP contribution in [0.2, 0.25) is 0 Å². The summed E-state index contributed by atoms with van der Waals surface area (Å²) in [5.74, 6) is 0.972. The highest BCUT2D eigenvalue weighted by Crippen LogP contribution is 2.26. The molecule has 0 bridgehead atoms. The van der Waals surface area contributed by atoms with Gasteiger partial charge in [0.2, 0.25) is 0 Å². The molecule has 0 saturated carbocycles. The maximum absolute atomic E-state index is 12.9. The normalized spacial score (nSPS) is 11.7. The molecule has 0 aliphatic carbocycles. The molecule has 3 rings (SSSR count). The summed E-state index contributed by atoms with van der Waals surface area (Å²) in [7, 11) is 0. The molecule has 1 unspecified atom stereocenters. The van der Waals surface area contributed by atoms with Gasteiger partial charge in [-0.15, -0.1) is 0 Å². The van der Waals surface area contributed by atoms with E-state index in [1.54, 1.807) is 0 Å². The number of carbonyl (C=O) groups excluding carboxylic acids is 1. The number of nitrogens with one attached hydrogen (secondary N) is 1. The van der Waals surface area contributed by atoms with Gasteiger partial charge in [-0.25, -0.2) is 0 Å². The first-order valence-electron chi connectivity index (χ1n) is 9.71. The van der Waals surface area contributed by atoms with Gasteiger partial charge in [-0.3, -0.25) is 4.79 Å². The summed E-state index contributed by atoms with van der Waals surface area (Å²) in [6.45, 7) is 6.70. The highest BCUT2D eigenvalue weighted by molar-refractivity contribution is 5.96. The van der Waals surface area contributed by atoms with E-state index < -0.39 is 0 Å². The number of anilines is 1. The van der Waals surface area contributed by atoms with Gasteiger partial charge < -0.3 is 10.1 Å². The number of carbonyl (C=O) groups is 1. The Morgan fingerprint density at radius 3 is 2.00 bits per heavy atom. The Morgan fingerprint density at radius 2 is 1.43 bits per heavy atom. The molecule has 1 N–H and O–H groups in total. The van der Waals surface area contributed by atoms with Crippen molar-refractivity contribution < 1.29 is 9.53 Å². The zero-order valence-corrected chi connectivity index (χ0v) is 16.7. The minimum Gasteiger partial charge on any atom is -0.494 e. The fourth-order valence-corrected chi connectivity index (χ4v) is 3.11. The van der Waals surface area contributed by atoms with Gasteiger partial charge in [0.05, 0.1) is 12.6 Å². The zero-order chi connectivity index (χ0) is 19.9. The molecule has 0 aliphatic heterocycles. The number of benzene rings is 3. The average molecular weight is 373 g/mol. The van der Waals surface area contributed by atoms with Crippen LogP contribution in [-0.4, -0.2) is 12.4 Å². The molecule has 28 heavy (non-hydrogen) atoms. The Labute approximate surface area is 167 Å². The summed E-state index contributed by atoms with van der Waals surface area (Å²) in [5.41, 5.74) is 5.16. The van der Waals surface area contributed by atoms with Crippen LogP contribution >= 0.6 is 0 Å². The molecule has 0 fully saturated rings. The lowest BCUT2D eigenvalue weighted by Gasteiger charge is -2.20. The van der Waals surface area contributed by atoms with Gasteiger partial charge in [0.1, 0.15) is 5.75 Å². The van der Waals surface area contributed by atoms with Crippen LogP contribution in [0.3, 0.4) is 0 Å². The summed E-state index contributed by atoms with van der Waals surface area (Å²) < 4.78 is 5.51. The quantitative estimate of drug-likeness (QED) is 0.483. The molecule has 144 valence electrons. The van der Waals surface area contributed by atoms with Crippen molar-refractivity contribution in [3.63, 3.8) is 0 Å². The van der Waals surface area contributed by atoms with Gasteiger partial charge in [-0.05, 0) is 50.6 Å². The highest BCUT2D eigenvalue weighted by Gasteiger charge is 2.17. The van der Waals surface area contributed by atoms with E-state index in [1.807, 2.05) is 62.4 Å². The second kappa shape index (κ2) is 9.23. The SMILES string of the molecule is CCOc1ccc(NC(CC(=O)c2ccc(C)cc2)c2ccc(C)cc2)cc1. The number of rotatable bonds is 8. The van der Waals surface area contributed by atoms with Crippen LogP contribution in [0, 0.1) is 13.8 Å². The van der Waals surface area contributed by atoms with Gasteiger partial charge in [0.25, 0.3) is 0 Å². The number of ketones is 1. The first-order valence-corrected chi connectivity index (χ1v) is 9.71. The molecule has 0 amide bonds. The maximum Gasteiger partial charge on any atom is 0.165 e. The van der Waals surface area contributed by atoms with E-state index >= 15 is 0 Å². The molecule has 0 spiro atoms. The van der Waals surface area contributed by atoms with Crippen molar-refractivity contribution in [2.45, 2.75) is 33.2 Å². The third-order valence-corrected chi connectivity index (χ3v) is 4.75. The van der Waals surface area contributed by atoms with Crippen LogP contribution in [-0.2, 0) is 0 Å². The minimum absolute atomic E-state index is 0.104. The van der Waals surface area contributed by atoms with E-state index in [0.29, 0.717) is 13.0 Å². The highest BCUT2D eigenvalue weighted by atomic mass is 16.5. The molecule has 1 atom stereocenters. The van der Waals surface area contributed by atoms with Crippen LogP contribution in [0.4, 0.5) is 5.69 Å². The molecule has 3 nitrogen and oxygen atoms in total. The molecule has 0 aromatic heterocycles. The van der Waals surface area contributed by atoms with E-state index in [-0.39, 0.29) is 11.8 Å². The van der Waals surface area contributed by atoms with E-state index in [2.05, 4.69) is 36.5 Å². The predicted molar refractivity (Wildman–Crippen MR) is 115 cm³/mol. The van der Waals surface area contributed by atoms with Crippen molar-refractivity contribution >= 4 is 11.5 Å². The molecule has 0 radical (unpaired) electrons. The number of hydrogen-bond acceptors (Lipinski definition) is 3. The van der Waals surface area contributed by atoms with Gasteiger partial charge in [-0.2, -0.15) is 0 Å². The number of Topliss-reactive ketones (excluding diaryl/α,β-unsaturated/α-hetero) is 1. The fourth-order valence-electron chi connectivity index (χ4n) is 3.11. The lowest BCUT2D eigenvalue weighted by Crippen LogP contribution is -2.16. The van der Waals surface area contributed by atoms with Gasteiger partial charge >= 0.3 is 0 Å². The van der Waals surface area contributed by atoms with Crippen LogP contribution in [0.5, 0.6) is 5.75 Å². The fraction of sp³-hybridized carbons (Fsp3) is 0.240. The Hall–Kier alpha value is -3.07. The molecule has 0 saturated heterocycles. The average Bonchev–Trinajstić information content (AvgIpc) is 2.70. The zero-order valence-electron chi connectivity index (χ0n) is 16.7. The molecule has 3 aromatic rings. The van der Waals surface area contributed by atoms with Crippen LogP contribution in [0.25, 0.3) is 0 Å². The second-order valence-electron chi connectivity index (χ2n) is 7.06. The van der Waals surface area contributed by atoms with Crippen LogP contribution in [0.1, 0.15) is 46.4 Å². The predicted octanol–water partition coefficient (Wildman–Crippen LogP) is 6.13. The lowest BCUT2D eigenvalue weighted by molar-refractivity contribution is 0.0976. The Bertz CT molecular complexity index is 897. The molecular formula is C25H27NO2. The van der Waals surface area contributed by atoms with Crippen molar-refractivity contribution in [2.24, 2.45) is 0 Å². The van der Waals surface area contributed by atoms with Crippen molar-refractivity contribution in [3.05, 3.63) is 95.1 Å². The van der Waals surface area contributed by atoms with Gasteiger partial charge in [0, 0.05) is 17.7 Å². The summed E-state index contributed by atoms with van der Waals surface area (Å²) >= 11 is 0. The maximum atomic E-state index is 12.9. The van der Waals surface area contributed by atoms with E-state index in [0.717, 1.165) is 28.1 Å². The Balaban J connectivity index is 1.81. The first-order chi connectivity index (χ1) is 13.5. The minimum atomic E-state index is -0.104. The van der Waals surface area contributed by atoms with Gasteiger partial charge in [-0.1, -0.05) is 59.7 Å². The molecule has 0 heterocycles. The van der Waals surface area contributed by atoms with Crippen LogP contribution < -0.4 is 10.1 Å². The summed E-state index contributed by atoms with van der Waals surface area (Å²) in [6.07, 6.45) is 0.388. The summed E-state index contributed by atoms with van der Waals surface area (Å²) in [5, 5.41) is 3.52. The topological polar surface area (TPSA) is 38.3 Å². The smallest absolute Gasteiger partial charge is 0.165 e. The lowest BCUT2D eigenvalue weighted by atomic mass is 9.96. The molecule has 3 heteroatoms. The molecule has 0 aliphatic rings. The Kier molecular flexibility index (Phi) is 6.49. The van der Waals surface area contributed by atoms with E-state index in [1.165, 1.54) is 5.56 Å². The number of aryl methyl sites for hydroxylation is 2. The second-order valence-corrected chi connectivity index (χ2v) is 7.06. The molecule has 3 aromatic carbocycles. The van der Waals surface area contributed by atoms with E-state index in [9.17, 15) is 4.79 Å². The number of ether oxygens (including phenoxy) is 1. The standard InChI is InChI=1S/C25H27NO2/c1-4-28-23-15-13-22(14-16-23)26-24(20-9-5-18(2)6-10-20)17-25(27)21-11-7-19(3)8-12-21/h5-16,24,26H,4,17H2,1-3H3. The van der Waals surface area contributed by atoms with Crippen molar-refractivity contribution in [1.29, 1.82) is 0 Å². The Morgan fingerprint density at radius 1 is 0.857 bits per heavy atom. The van der Waals surface area contributed by atoms with Crippen molar-refractivity contribution in [2.75, 3.05) is 11.9 Å². The monoisotopic (exact) mass is 373 g/mol.